The number of halogens is 1. The third-order valence-corrected chi connectivity index (χ3v) is 16.3. The first-order chi connectivity index (χ1) is 25.4. The van der Waals surface area contributed by atoms with Crippen molar-refractivity contribution in [2.75, 3.05) is 25.2 Å². The van der Waals surface area contributed by atoms with Crippen LogP contribution in [0.25, 0.3) is 0 Å². The van der Waals surface area contributed by atoms with E-state index in [4.69, 9.17) is 9.47 Å². The van der Waals surface area contributed by atoms with Crippen molar-refractivity contribution in [3.8, 4) is 5.75 Å². The van der Waals surface area contributed by atoms with E-state index in [0.717, 1.165) is 45.6 Å². The molecule has 5 atom stereocenters. The number of hydrogen-bond acceptors (Lipinski definition) is 6. The summed E-state index contributed by atoms with van der Waals surface area (Å²) < 4.78 is 15.6. The number of ether oxygens (including phenoxy) is 2. The SMILES string of the molecule is COc1ccc([Si](C)(C)[C@H]2[C@H](CCn3cc(C(CO)c4ccccc4)nn3)O[C@@]3(C(=O)N(C/C=C(\C)CCC=C(C)C)c4ccc(Br)cc43)[C@@H]2C)cc1. The first-order valence-electron chi connectivity index (χ1n) is 18.7. The van der Waals surface area contributed by atoms with Crippen LogP contribution in [0.5, 0.6) is 5.75 Å². The van der Waals surface area contributed by atoms with Gasteiger partial charge in [0.05, 0.1) is 45.2 Å². The molecule has 10 heteroatoms. The van der Waals surface area contributed by atoms with Crippen molar-refractivity contribution in [3.63, 3.8) is 0 Å². The number of benzene rings is 3. The van der Waals surface area contributed by atoms with Crippen molar-refractivity contribution < 1.29 is 19.4 Å². The molecule has 0 saturated carbocycles. The van der Waals surface area contributed by atoms with Gasteiger partial charge in [0.1, 0.15) is 5.75 Å². The summed E-state index contributed by atoms with van der Waals surface area (Å²) >= 11 is 3.73. The lowest BCUT2D eigenvalue weighted by atomic mass is 9.82. The van der Waals surface area contributed by atoms with Gasteiger partial charge in [0.2, 0.25) is 0 Å². The van der Waals surface area contributed by atoms with Gasteiger partial charge in [-0.2, -0.15) is 0 Å². The number of fused-ring (bicyclic) bond motifs is 2. The number of amides is 1. The molecule has 0 aliphatic carbocycles. The summed E-state index contributed by atoms with van der Waals surface area (Å²) in [5, 5.41) is 20.6. The lowest BCUT2D eigenvalue weighted by Crippen LogP contribution is -2.52. The molecular formula is C43H53BrN4O4Si. The van der Waals surface area contributed by atoms with Gasteiger partial charge < -0.3 is 19.5 Å². The Balaban J connectivity index is 1.35. The number of aliphatic hydroxyl groups excluding tert-OH is 1. The van der Waals surface area contributed by atoms with Crippen LogP contribution in [0.15, 0.2) is 107 Å². The minimum Gasteiger partial charge on any atom is -0.497 e. The molecule has 0 radical (unpaired) electrons. The zero-order valence-electron chi connectivity index (χ0n) is 32.1. The molecule has 280 valence electrons. The zero-order chi connectivity index (χ0) is 37.9. The number of aromatic nitrogens is 3. The predicted octanol–water partition coefficient (Wildman–Crippen LogP) is 8.52. The summed E-state index contributed by atoms with van der Waals surface area (Å²) in [7, 11) is -0.619. The largest absolute Gasteiger partial charge is 0.497 e. The Morgan fingerprint density at radius 2 is 1.81 bits per heavy atom. The smallest absolute Gasteiger partial charge is 0.264 e. The van der Waals surface area contributed by atoms with E-state index >= 15 is 4.79 Å². The third-order valence-electron chi connectivity index (χ3n) is 11.5. The number of carbonyl (C=O) groups is 1. The van der Waals surface area contributed by atoms with Gasteiger partial charge in [-0.1, -0.05) is 112 Å². The lowest BCUT2D eigenvalue weighted by molar-refractivity contribution is -0.145. The van der Waals surface area contributed by atoms with E-state index in [2.05, 4.69) is 103 Å². The molecule has 1 saturated heterocycles. The Morgan fingerprint density at radius 1 is 1.08 bits per heavy atom. The lowest BCUT2D eigenvalue weighted by Gasteiger charge is -2.37. The quantitative estimate of drug-likeness (QED) is 0.102. The van der Waals surface area contributed by atoms with E-state index in [-0.39, 0.29) is 36.0 Å². The summed E-state index contributed by atoms with van der Waals surface area (Å²) in [5.74, 6) is 0.473. The Labute approximate surface area is 324 Å². The number of aliphatic hydroxyl groups is 1. The second-order valence-electron chi connectivity index (χ2n) is 15.4. The van der Waals surface area contributed by atoms with Gasteiger partial charge in [-0.05, 0) is 81.5 Å². The van der Waals surface area contributed by atoms with Crippen LogP contribution in [0.4, 0.5) is 5.69 Å². The molecule has 3 aromatic carbocycles. The monoisotopic (exact) mass is 796 g/mol. The van der Waals surface area contributed by atoms with Crippen LogP contribution in [-0.4, -0.2) is 60.4 Å². The number of anilines is 1. The molecule has 1 spiro atoms. The van der Waals surface area contributed by atoms with E-state index < -0.39 is 13.7 Å². The molecule has 8 nitrogen and oxygen atoms in total. The van der Waals surface area contributed by atoms with Crippen LogP contribution in [-0.2, 0) is 21.7 Å². The number of rotatable bonds is 14. The molecule has 0 bridgehead atoms. The van der Waals surface area contributed by atoms with Crippen molar-refractivity contribution in [1.29, 1.82) is 0 Å². The third kappa shape index (κ3) is 7.74. The highest BCUT2D eigenvalue weighted by molar-refractivity contribution is 9.10. The van der Waals surface area contributed by atoms with E-state index in [0.29, 0.717) is 19.5 Å². The van der Waals surface area contributed by atoms with E-state index in [1.807, 2.05) is 64.3 Å². The highest BCUT2D eigenvalue weighted by atomic mass is 79.9. The molecule has 3 heterocycles. The van der Waals surface area contributed by atoms with Crippen LogP contribution in [0.3, 0.4) is 0 Å². The molecular weight excluding hydrogens is 744 g/mol. The fourth-order valence-electron chi connectivity index (χ4n) is 8.57. The van der Waals surface area contributed by atoms with Gasteiger partial charge in [-0.15, -0.1) is 5.10 Å². The number of methoxy groups -OCH3 is 1. The van der Waals surface area contributed by atoms with Crippen molar-refractivity contribution in [2.24, 2.45) is 5.92 Å². The molecule has 1 aromatic heterocycles. The van der Waals surface area contributed by atoms with Crippen LogP contribution >= 0.6 is 15.9 Å². The van der Waals surface area contributed by atoms with Crippen molar-refractivity contribution in [3.05, 3.63) is 124 Å². The maximum absolute atomic E-state index is 15.1. The Morgan fingerprint density at radius 3 is 2.49 bits per heavy atom. The fraction of sp³-hybridized carbons (Fsp3) is 0.419. The van der Waals surface area contributed by atoms with Crippen molar-refractivity contribution in [1.82, 2.24) is 15.0 Å². The van der Waals surface area contributed by atoms with Crippen LogP contribution in [0.1, 0.15) is 69.7 Å². The molecule has 1 amide bonds. The summed E-state index contributed by atoms with van der Waals surface area (Å²) in [4.78, 5) is 17.0. The molecule has 1 fully saturated rings. The molecule has 2 aliphatic rings. The van der Waals surface area contributed by atoms with Crippen molar-refractivity contribution >= 4 is 40.8 Å². The van der Waals surface area contributed by atoms with Gasteiger partial charge in [0.15, 0.2) is 5.60 Å². The van der Waals surface area contributed by atoms with Crippen LogP contribution < -0.4 is 14.8 Å². The first kappa shape index (κ1) is 38.9. The molecule has 53 heavy (non-hydrogen) atoms. The fourth-order valence-corrected chi connectivity index (χ4v) is 13.0. The second kappa shape index (κ2) is 16.3. The molecule has 4 aromatic rings. The average molecular weight is 798 g/mol. The molecule has 6 rings (SSSR count). The highest BCUT2D eigenvalue weighted by Crippen LogP contribution is 2.60. The summed E-state index contributed by atoms with van der Waals surface area (Å²) in [6, 6.07) is 24.6. The second-order valence-corrected chi connectivity index (χ2v) is 21.0. The standard InChI is InChI=1S/C43H53BrN4O4Si/c1-29(2)12-11-13-30(3)22-25-48-39-21-16-33(44)26-37(39)43(42(48)50)31(4)41(53(6,7)35-19-17-34(51-5)18-20-35)40(52-43)23-24-47-27-38(45-46-47)36(28-49)32-14-9-8-10-15-32/h8-10,12,14-22,26-27,31,36,40-41,49H,11,13,23-25,28H2,1-7H3/b30-22+/t31-,36?,40+,41-,43+/m1/s1. The average Bonchev–Trinajstić information content (AvgIpc) is 3.80. The topological polar surface area (TPSA) is 89.7 Å². The molecule has 1 N–H and O–H groups in total. The first-order valence-corrected chi connectivity index (χ1v) is 22.6. The molecule has 1 unspecified atom stereocenters. The zero-order valence-corrected chi connectivity index (χ0v) is 34.6. The van der Waals surface area contributed by atoms with E-state index in [1.54, 1.807) is 7.11 Å². The number of allylic oxidation sites excluding steroid dienone is 3. The molecule has 2 aliphatic heterocycles. The Kier molecular flexibility index (Phi) is 11.9. The predicted molar refractivity (Wildman–Crippen MR) is 219 cm³/mol. The highest BCUT2D eigenvalue weighted by Gasteiger charge is 2.66. The van der Waals surface area contributed by atoms with Gasteiger partial charge in [0.25, 0.3) is 5.91 Å². The normalized spacial score (nSPS) is 22.0. The number of carbonyl (C=O) groups excluding carboxylic acids is 1. The van der Waals surface area contributed by atoms with Gasteiger partial charge in [-0.3, -0.25) is 9.48 Å². The minimum atomic E-state index is -2.31. The number of aryl methyl sites for hydroxylation is 1. The summed E-state index contributed by atoms with van der Waals surface area (Å²) in [6.07, 6.45) is 8.77. The summed E-state index contributed by atoms with van der Waals surface area (Å²) in [5.41, 5.74) is 5.13. The van der Waals surface area contributed by atoms with Crippen LogP contribution in [0.2, 0.25) is 18.6 Å². The van der Waals surface area contributed by atoms with Gasteiger partial charge in [0, 0.05) is 35.2 Å². The summed E-state index contributed by atoms with van der Waals surface area (Å²) in [6.45, 7) is 14.4. The minimum absolute atomic E-state index is 0.00942. The maximum Gasteiger partial charge on any atom is 0.264 e. The van der Waals surface area contributed by atoms with Gasteiger partial charge >= 0.3 is 0 Å². The Hall–Kier alpha value is -3.83. The van der Waals surface area contributed by atoms with Crippen LogP contribution in [0, 0.1) is 5.92 Å². The Bertz CT molecular complexity index is 1960. The van der Waals surface area contributed by atoms with E-state index in [9.17, 15) is 5.11 Å². The number of nitrogens with zero attached hydrogens (tertiary/aromatic N) is 4. The van der Waals surface area contributed by atoms with Gasteiger partial charge in [-0.25, -0.2) is 0 Å². The van der Waals surface area contributed by atoms with Crippen molar-refractivity contribution in [2.45, 2.75) is 89.8 Å². The van der Waals surface area contributed by atoms with E-state index in [1.165, 1.54) is 16.3 Å². The number of hydrogen-bond donors (Lipinski definition) is 1. The maximum atomic E-state index is 15.1.